The highest BCUT2D eigenvalue weighted by Gasteiger charge is 2.52. The molecule has 2 heteroatoms. The van der Waals surface area contributed by atoms with Gasteiger partial charge in [-0.05, 0) is 86.5 Å². The highest BCUT2D eigenvalue weighted by atomic mass is 16.5. The molecule has 20 heavy (non-hydrogen) atoms. The summed E-state index contributed by atoms with van der Waals surface area (Å²) in [6.45, 7) is 1.08. The van der Waals surface area contributed by atoms with E-state index in [1.165, 1.54) is 49.8 Å². The number of anilines is 1. The lowest BCUT2D eigenvalue weighted by molar-refractivity contribution is -0.107. The van der Waals surface area contributed by atoms with Crippen LogP contribution in [-0.2, 0) is 6.42 Å². The van der Waals surface area contributed by atoms with Gasteiger partial charge in [0.05, 0.1) is 0 Å². The van der Waals surface area contributed by atoms with Crippen LogP contribution in [0, 0.1) is 17.8 Å². The first kappa shape index (κ1) is 11.5. The molecule has 0 unspecified atom stereocenters. The molecule has 2 nitrogen and oxygen atoms in total. The van der Waals surface area contributed by atoms with E-state index in [0.29, 0.717) is 0 Å². The molecule has 1 aromatic rings. The lowest BCUT2D eigenvalue weighted by Gasteiger charge is -2.56. The van der Waals surface area contributed by atoms with Crippen molar-refractivity contribution in [3.8, 4) is 5.75 Å². The zero-order valence-corrected chi connectivity index (χ0v) is 12.0. The van der Waals surface area contributed by atoms with Crippen molar-refractivity contribution in [1.82, 2.24) is 0 Å². The predicted molar refractivity (Wildman–Crippen MR) is 80.2 cm³/mol. The van der Waals surface area contributed by atoms with Gasteiger partial charge in [0.25, 0.3) is 0 Å². The first-order chi connectivity index (χ1) is 9.78. The molecule has 106 valence electrons. The monoisotopic (exact) mass is 269 g/mol. The number of rotatable bonds is 2. The third-order valence-corrected chi connectivity index (χ3v) is 6.10. The molecule has 1 N–H and O–H groups in total. The van der Waals surface area contributed by atoms with Gasteiger partial charge in [0, 0.05) is 12.2 Å². The highest BCUT2D eigenvalue weighted by Crippen LogP contribution is 2.57. The van der Waals surface area contributed by atoms with Crippen molar-refractivity contribution in [2.45, 2.75) is 50.5 Å². The maximum Gasteiger partial charge on any atom is 0.120 e. The van der Waals surface area contributed by atoms with Crippen LogP contribution < -0.4 is 10.1 Å². The maximum absolute atomic E-state index is 6.61. The predicted octanol–water partition coefficient (Wildman–Crippen LogP) is 4.00. The van der Waals surface area contributed by atoms with Crippen LogP contribution in [-0.4, -0.2) is 12.1 Å². The Morgan fingerprint density at radius 3 is 2.40 bits per heavy atom. The normalized spacial score (nSPS) is 40.5. The fourth-order valence-electron chi connectivity index (χ4n) is 5.75. The first-order valence-corrected chi connectivity index (χ1v) is 8.34. The van der Waals surface area contributed by atoms with Gasteiger partial charge in [-0.1, -0.05) is 0 Å². The molecule has 0 radical (unpaired) electrons. The van der Waals surface area contributed by atoms with E-state index in [-0.39, 0.29) is 5.60 Å². The van der Waals surface area contributed by atoms with Gasteiger partial charge in [0.15, 0.2) is 0 Å². The van der Waals surface area contributed by atoms with Crippen LogP contribution in [0.1, 0.15) is 44.1 Å². The van der Waals surface area contributed by atoms with Crippen molar-refractivity contribution in [1.29, 1.82) is 0 Å². The Morgan fingerprint density at radius 2 is 1.70 bits per heavy atom. The summed E-state index contributed by atoms with van der Waals surface area (Å²) in [4.78, 5) is 0. The van der Waals surface area contributed by atoms with Crippen LogP contribution in [0.4, 0.5) is 5.69 Å². The standard InChI is InChI=1S/C18H23NO/c1-2-17-15(3-4-19-17)8-16(1)20-18-9-12-5-13(10-18)7-14(6-12)11-18/h1-2,8,12-14,19H,3-7,9-11H2. The van der Waals surface area contributed by atoms with Gasteiger partial charge in [-0.2, -0.15) is 0 Å². The molecule has 6 rings (SSSR count). The number of ether oxygens (including phenoxy) is 1. The van der Waals surface area contributed by atoms with E-state index in [9.17, 15) is 0 Å². The Hall–Kier alpha value is -1.18. The van der Waals surface area contributed by atoms with Gasteiger partial charge in [-0.25, -0.2) is 0 Å². The van der Waals surface area contributed by atoms with E-state index in [4.69, 9.17) is 4.74 Å². The number of hydrogen-bond donors (Lipinski definition) is 1. The van der Waals surface area contributed by atoms with Crippen molar-refractivity contribution in [2.75, 3.05) is 11.9 Å². The summed E-state index contributed by atoms with van der Waals surface area (Å²) in [7, 11) is 0. The van der Waals surface area contributed by atoms with Crippen LogP contribution in [0.15, 0.2) is 18.2 Å². The average Bonchev–Trinajstić information content (AvgIpc) is 2.83. The first-order valence-electron chi connectivity index (χ1n) is 8.34. The Morgan fingerprint density at radius 1 is 1.00 bits per heavy atom. The summed E-state index contributed by atoms with van der Waals surface area (Å²) in [6.07, 6.45) is 9.54. The van der Waals surface area contributed by atoms with E-state index >= 15 is 0 Å². The Kier molecular flexibility index (Phi) is 2.25. The molecule has 1 aliphatic heterocycles. The lowest BCUT2D eigenvalue weighted by atomic mass is 9.54. The van der Waals surface area contributed by atoms with E-state index in [0.717, 1.165) is 36.5 Å². The summed E-state index contributed by atoms with van der Waals surface area (Å²) in [6, 6.07) is 6.67. The fourth-order valence-corrected chi connectivity index (χ4v) is 5.75. The van der Waals surface area contributed by atoms with Crippen molar-refractivity contribution >= 4 is 5.69 Å². The van der Waals surface area contributed by atoms with E-state index < -0.39 is 0 Å². The summed E-state index contributed by atoms with van der Waals surface area (Å²) in [5.41, 5.74) is 2.93. The minimum absolute atomic E-state index is 0.190. The molecule has 0 saturated heterocycles. The third-order valence-electron chi connectivity index (χ3n) is 6.10. The average molecular weight is 269 g/mol. The van der Waals surface area contributed by atoms with Gasteiger partial charge in [-0.15, -0.1) is 0 Å². The molecule has 0 amide bonds. The second-order valence-corrected chi connectivity index (χ2v) is 7.70. The molecule has 4 bridgehead atoms. The van der Waals surface area contributed by atoms with Gasteiger partial charge in [0.2, 0.25) is 0 Å². The zero-order valence-electron chi connectivity index (χ0n) is 12.0. The molecule has 4 fully saturated rings. The minimum Gasteiger partial charge on any atom is -0.487 e. The molecular formula is C18H23NO. The highest BCUT2D eigenvalue weighted by molar-refractivity contribution is 5.57. The SMILES string of the molecule is c1cc2c(cc1OC13CC4CC(CC(C4)C1)C3)CCN2. The molecule has 1 heterocycles. The summed E-state index contributed by atoms with van der Waals surface area (Å²) < 4.78 is 6.61. The topological polar surface area (TPSA) is 21.3 Å². The molecule has 1 aromatic carbocycles. The van der Waals surface area contributed by atoms with Crippen molar-refractivity contribution in [3.05, 3.63) is 23.8 Å². The van der Waals surface area contributed by atoms with Gasteiger partial charge < -0.3 is 10.1 Å². The minimum atomic E-state index is 0.190. The van der Waals surface area contributed by atoms with Crippen LogP contribution in [0.25, 0.3) is 0 Å². The van der Waals surface area contributed by atoms with E-state index in [1.54, 1.807) is 0 Å². The molecule has 4 saturated carbocycles. The lowest BCUT2D eigenvalue weighted by Crippen LogP contribution is -2.53. The van der Waals surface area contributed by atoms with Crippen LogP contribution in [0.3, 0.4) is 0 Å². The zero-order chi connectivity index (χ0) is 13.2. The number of fused-ring (bicyclic) bond motifs is 1. The van der Waals surface area contributed by atoms with E-state index in [2.05, 4.69) is 23.5 Å². The van der Waals surface area contributed by atoms with Gasteiger partial charge in [-0.3, -0.25) is 0 Å². The number of hydrogen-bond acceptors (Lipinski definition) is 2. The summed E-state index contributed by atoms with van der Waals surface area (Å²) in [5, 5.41) is 3.43. The van der Waals surface area contributed by atoms with Gasteiger partial charge >= 0.3 is 0 Å². The molecule has 0 atom stereocenters. The molecule has 0 spiro atoms. The Bertz CT molecular complexity index is 515. The molecule has 5 aliphatic rings. The van der Waals surface area contributed by atoms with Crippen LogP contribution in [0.5, 0.6) is 5.75 Å². The second kappa shape index (κ2) is 3.93. The number of benzene rings is 1. The maximum atomic E-state index is 6.61. The van der Waals surface area contributed by atoms with E-state index in [1.807, 2.05) is 0 Å². The van der Waals surface area contributed by atoms with Crippen LogP contribution in [0.2, 0.25) is 0 Å². The third kappa shape index (κ3) is 1.70. The summed E-state index contributed by atoms with van der Waals surface area (Å²) >= 11 is 0. The smallest absolute Gasteiger partial charge is 0.120 e. The molecular weight excluding hydrogens is 246 g/mol. The second-order valence-electron chi connectivity index (χ2n) is 7.70. The fraction of sp³-hybridized carbons (Fsp3) is 0.667. The Balaban J connectivity index is 1.43. The quantitative estimate of drug-likeness (QED) is 0.876. The number of nitrogens with one attached hydrogen (secondary N) is 1. The van der Waals surface area contributed by atoms with Crippen LogP contribution >= 0.6 is 0 Å². The van der Waals surface area contributed by atoms with Crippen molar-refractivity contribution < 1.29 is 4.74 Å². The Labute approximate surface area is 120 Å². The largest absolute Gasteiger partial charge is 0.487 e. The molecule has 4 aliphatic carbocycles. The molecule has 0 aromatic heterocycles. The van der Waals surface area contributed by atoms with Crippen molar-refractivity contribution in [2.24, 2.45) is 17.8 Å². The van der Waals surface area contributed by atoms with Crippen molar-refractivity contribution in [3.63, 3.8) is 0 Å². The summed E-state index contributed by atoms with van der Waals surface area (Å²) in [5.74, 6) is 3.99. The van der Waals surface area contributed by atoms with Gasteiger partial charge in [0.1, 0.15) is 11.4 Å².